The molecule has 0 atom stereocenters. The standard InChI is InChI=1S/C12H16N2O2/c13-12(15)9-16-11-5-3-10(4-6-11)14-7-1-2-8-14/h3-6H,1-2,7-9H2,(H2,13,15). The number of carbonyl (C=O) groups excluding carboxylic acids is 1. The Balaban J connectivity index is 1.95. The molecule has 86 valence electrons. The molecule has 0 saturated carbocycles. The van der Waals surface area contributed by atoms with E-state index in [-0.39, 0.29) is 6.61 Å². The number of hydrogen-bond donors (Lipinski definition) is 1. The maximum atomic E-state index is 10.5. The molecule has 0 unspecified atom stereocenters. The molecule has 0 aliphatic carbocycles. The maximum Gasteiger partial charge on any atom is 0.255 e. The minimum absolute atomic E-state index is 0.0664. The third-order valence-electron chi connectivity index (χ3n) is 2.69. The zero-order chi connectivity index (χ0) is 11.4. The highest BCUT2D eigenvalue weighted by atomic mass is 16.5. The first-order chi connectivity index (χ1) is 7.75. The lowest BCUT2D eigenvalue weighted by atomic mass is 10.3. The van der Waals surface area contributed by atoms with E-state index < -0.39 is 5.91 Å². The minimum Gasteiger partial charge on any atom is -0.484 e. The van der Waals surface area contributed by atoms with Gasteiger partial charge in [0, 0.05) is 18.8 Å². The largest absolute Gasteiger partial charge is 0.484 e. The number of primary amides is 1. The molecule has 1 aliphatic rings. The van der Waals surface area contributed by atoms with Crippen LogP contribution < -0.4 is 15.4 Å². The lowest BCUT2D eigenvalue weighted by Crippen LogP contribution is -2.20. The summed E-state index contributed by atoms with van der Waals surface area (Å²) in [5.74, 6) is 0.227. The Labute approximate surface area is 95.0 Å². The number of anilines is 1. The molecule has 1 aromatic rings. The van der Waals surface area contributed by atoms with E-state index in [0.29, 0.717) is 5.75 Å². The van der Waals surface area contributed by atoms with Gasteiger partial charge in [0.15, 0.2) is 6.61 Å². The molecule has 1 amide bonds. The topological polar surface area (TPSA) is 55.6 Å². The highest BCUT2D eigenvalue weighted by Gasteiger charge is 2.11. The Morgan fingerprint density at radius 2 is 1.88 bits per heavy atom. The predicted molar refractivity (Wildman–Crippen MR) is 62.6 cm³/mol. The minimum atomic E-state index is -0.455. The summed E-state index contributed by atoms with van der Waals surface area (Å²) in [6.07, 6.45) is 2.53. The first-order valence-electron chi connectivity index (χ1n) is 5.52. The van der Waals surface area contributed by atoms with Crippen LogP contribution in [0.5, 0.6) is 5.75 Å². The average Bonchev–Trinajstić information content (AvgIpc) is 2.80. The van der Waals surface area contributed by atoms with Gasteiger partial charge in [-0.3, -0.25) is 4.79 Å². The van der Waals surface area contributed by atoms with Crippen LogP contribution in [0.1, 0.15) is 12.8 Å². The van der Waals surface area contributed by atoms with Crippen molar-refractivity contribution >= 4 is 11.6 Å². The maximum absolute atomic E-state index is 10.5. The highest BCUT2D eigenvalue weighted by molar-refractivity contribution is 5.75. The fourth-order valence-electron chi connectivity index (χ4n) is 1.88. The third kappa shape index (κ3) is 2.66. The van der Waals surface area contributed by atoms with Crippen molar-refractivity contribution in [2.24, 2.45) is 5.73 Å². The zero-order valence-corrected chi connectivity index (χ0v) is 9.19. The molecule has 0 spiro atoms. The van der Waals surface area contributed by atoms with Gasteiger partial charge in [-0.25, -0.2) is 0 Å². The second-order valence-electron chi connectivity index (χ2n) is 3.94. The second kappa shape index (κ2) is 4.88. The molecule has 0 bridgehead atoms. The van der Waals surface area contributed by atoms with E-state index in [1.54, 1.807) is 0 Å². The first kappa shape index (κ1) is 10.8. The quantitative estimate of drug-likeness (QED) is 0.828. The summed E-state index contributed by atoms with van der Waals surface area (Å²) in [5.41, 5.74) is 6.21. The molecular formula is C12H16N2O2. The van der Waals surface area contributed by atoms with Gasteiger partial charge in [0.05, 0.1) is 0 Å². The van der Waals surface area contributed by atoms with Crippen molar-refractivity contribution in [3.63, 3.8) is 0 Å². The summed E-state index contributed by atoms with van der Waals surface area (Å²) in [7, 11) is 0. The van der Waals surface area contributed by atoms with Crippen LogP contribution in [0, 0.1) is 0 Å². The van der Waals surface area contributed by atoms with Gasteiger partial charge >= 0.3 is 0 Å². The first-order valence-corrected chi connectivity index (χ1v) is 5.52. The van der Waals surface area contributed by atoms with Crippen LogP contribution in [0.2, 0.25) is 0 Å². The molecule has 16 heavy (non-hydrogen) atoms. The van der Waals surface area contributed by atoms with Crippen LogP contribution in [0.15, 0.2) is 24.3 Å². The lowest BCUT2D eigenvalue weighted by Gasteiger charge is -2.17. The number of rotatable bonds is 4. The van der Waals surface area contributed by atoms with Crippen molar-refractivity contribution in [2.45, 2.75) is 12.8 Å². The Morgan fingerprint density at radius 3 is 2.44 bits per heavy atom. The van der Waals surface area contributed by atoms with Gasteiger partial charge in [-0.15, -0.1) is 0 Å². The molecule has 4 heteroatoms. The number of nitrogens with two attached hydrogens (primary N) is 1. The van der Waals surface area contributed by atoms with Crippen molar-refractivity contribution in [1.82, 2.24) is 0 Å². The molecular weight excluding hydrogens is 204 g/mol. The van der Waals surface area contributed by atoms with E-state index in [1.807, 2.05) is 24.3 Å². The van der Waals surface area contributed by atoms with Crippen LogP contribution in [0.3, 0.4) is 0 Å². The average molecular weight is 220 g/mol. The molecule has 1 aliphatic heterocycles. The summed E-state index contributed by atoms with van der Waals surface area (Å²) in [6, 6.07) is 7.77. The van der Waals surface area contributed by atoms with E-state index in [0.717, 1.165) is 13.1 Å². The third-order valence-corrected chi connectivity index (χ3v) is 2.69. The Hall–Kier alpha value is -1.71. The molecule has 2 rings (SSSR count). The second-order valence-corrected chi connectivity index (χ2v) is 3.94. The van der Waals surface area contributed by atoms with Crippen LogP contribution in [-0.2, 0) is 4.79 Å². The van der Waals surface area contributed by atoms with Crippen LogP contribution in [0.25, 0.3) is 0 Å². The van der Waals surface area contributed by atoms with Gasteiger partial charge in [0.1, 0.15) is 5.75 Å². The Kier molecular flexibility index (Phi) is 3.29. The predicted octanol–water partition coefficient (Wildman–Crippen LogP) is 1.15. The zero-order valence-electron chi connectivity index (χ0n) is 9.19. The van der Waals surface area contributed by atoms with Crippen molar-refractivity contribution in [1.29, 1.82) is 0 Å². The number of ether oxygens (including phenoxy) is 1. The fraction of sp³-hybridized carbons (Fsp3) is 0.417. The van der Waals surface area contributed by atoms with Crippen molar-refractivity contribution < 1.29 is 9.53 Å². The number of amides is 1. The normalized spacial score (nSPS) is 15.1. The number of hydrogen-bond acceptors (Lipinski definition) is 3. The van der Waals surface area contributed by atoms with E-state index in [9.17, 15) is 4.79 Å². The summed E-state index contributed by atoms with van der Waals surface area (Å²) >= 11 is 0. The van der Waals surface area contributed by atoms with Crippen LogP contribution in [0.4, 0.5) is 5.69 Å². The highest BCUT2D eigenvalue weighted by Crippen LogP contribution is 2.22. The van der Waals surface area contributed by atoms with E-state index in [4.69, 9.17) is 10.5 Å². The van der Waals surface area contributed by atoms with E-state index >= 15 is 0 Å². The van der Waals surface area contributed by atoms with Gasteiger partial charge in [-0.1, -0.05) is 0 Å². The Bertz CT molecular complexity index is 356. The van der Waals surface area contributed by atoms with Gasteiger partial charge in [-0.05, 0) is 37.1 Å². The van der Waals surface area contributed by atoms with Gasteiger partial charge < -0.3 is 15.4 Å². The monoisotopic (exact) mass is 220 g/mol. The fourth-order valence-corrected chi connectivity index (χ4v) is 1.88. The lowest BCUT2D eigenvalue weighted by molar-refractivity contribution is -0.119. The van der Waals surface area contributed by atoms with Crippen molar-refractivity contribution in [3.8, 4) is 5.75 Å². The molecule has 0 radical (unpaired) electrons. The molecule has 1 fully saturated rings. The summed E-state index contributed by atoms with van der Waals surface area (Å²) in [6.45, 7) is 2.19. The molecule has 2 N–H and O–H groups in total. The van der Waals surface area contributed by atoms with Gasteiger partial charge in [-0.2, -0.15) is 0 Å². The summed E-state index contributed by atoms with van der Waals surface area (Å²) in [4.78, 5) is 12.9. The molecule has 0 aromatic heterocycles. The molecule has 1 saturated heterocycles. The van der Waals surface area contributed by atoms with Gasteiger partial charge in [0.2, 0.25) is 0 Å². The molecule has 1 aromatic carbocycles. The van der Waals surface area contributed by atoms with Crippen molar-refractivity contribution in [2.75, 3.05) is 24.6 Å². The van der Waals surface area contributed by atoms with E-state index in [1.165, 1.54) is 18.5 Å². The Morgan fingerprint density at radius 1 is 1.25 bits per heavy atom. The number of carbonyl (C=O) groups is 1. The SMILES string of the molecule is NC(=O)COc1ccc(N2CCCC2)cc1. The number of benzene rings is 1. The summed E-state index contributed by atoms with van der Waals surface area (Å²) < 4.78 is 5.19. The van der Waals surface area contributed by atoms with Crippen LogP contribution in [-0.4, -0.2) is 25.6 Å². The molecule has 1 heterocycles. The smallest absolute Gasteiger partial charge is 0.255 e. The number of nitrogens with zero attached hydrogens (tertiary/aromatic N) is 1. The summed E-state index contributed by atoms with van der Waals surface area (Å²) in [5, 5.41) is 0. The van der Waals surface area contributed by atoms with E-state index in [2.05, 4.69) is 4.90 Å². The molecule has 4 nitrogen and oxygen atoms in total. The van der Waals surface area contributed by atoms with Crippen LogP contribution >= 0.6 is 0 Å². The van der Waals surface area contributed by atoms with Gasteiger partial charge in [0.25, 0.3) is 5.91 Å². The van der Waals surface area contributed by atoms with Crippen molar-refractivity contribution in [3.05, 3.63) is 24.3 Å².